The van der Waals surface area contributed by atoms with E-state index in [4.69, 9.17) is 4.74 Å². The van der Waals surface area contributed by atoms with E-state index in [1.54, 1.807) is 18.9 Å². The van der Waals surface area contributed by atoms with Crippen LogP contribution in [0, 0.1) is 6.92 Å². The van der Waals surface area contributed by atoms with Crippen LogP contribution in [-0.4, -0.2) is 19.1 Å². The highest BCUT2D eigenvalue weighted by Gasteiger charge is 2.04. The maximum absolute atomic E-state index is 5.15. The van der Waals surface area contributed by atoms with Crippen molar-refractivity contribution < 1.29 is 4.74 Å². The Hall–Kier alpha value is -1.52. The summed E-state index contributed by atoms with van der Waals surface area (Å²) in [6.07, 6.45) is 1.93. The summed E-state index contributed by atoms with van der Waals surface area (Å²) in [5, 5.41) is 4.18. The second-order valence-electron chi connectivity index (χ2n) is 4.27. The number of pyridine rings is 1. The van der Waals surface area contributed by atoms with Gasteiger partial charge in [-0.2, -0.15) is 0 Å². The molecule has 0 aliphatic carbocycles. The highest BCUT2D eigenvalue weighted by Crippen LogP contribution is 2.29. The summed E-state index contributed by atoms with van der Waals surface area (Å²) in [5.41, 5.74) is 2.41. The molecule has 100 valence electrons. The summed E-state index contributed by atoms with van der Waals surface area (Å²) in [7, 11) is 3.61. The van der Waals surface area contributed by atoms with E-state index in [0.29, 0.717) is 0 Å². The van der Waals surface area contributed by atoms with Crippen LogP contribution in [0.2, 0.25) is 0 Å². The molecular formula is C15H18N2OS. The van der Waals surface area contributed by atoms with Crippen LogP contribution in [-0.2, 0) is 6.54 Å². The summed E-state index contributed by atoms with van der Waals surface area (Å²) >= 11 is 1.67. The third-order valence-corrected chi connectivity index (χ3v) is 3.87. The summed E-state index contributed by atoms with van der Waals surface area (Å²) in [6, 6.07) is 10.2. The van der Waals surface area contributed by atoms with Crippen LogP contribution in [0.3, 0.4) is 0 Å². The molecule has 0 unspecified atom stereocenters. The largest absolute Gasteiger partial charge is 0.497 e. The zero-order valence-electron chi connectivity index (χ0n) is 11.4. The van der Waals surface area contributed by atoms with Crippen LogP contribution in [0.4, 0.5) is 0 Å². The second kappa shape index (κ2) is 6.59. The monoisotopic (exact) mass is 274 g/mol. The van der Waals surface area contributed by atoms with Gasteiger partial charge in [-0.1, -0.05) is 17.8 Å². The molecule has 1 aromatic carbocycles. The molecule has 19 heavy (non-hydrogen) atoms. The van der Waals surface area contributed by atoms with Crippen molar-refractivity contribution in [3.63, 3.8) is 0 Å². The van der Waals surface area contributed by atoms with E-state index >= 15 is 0 Å². The number of nitrogens with zero attached hydrogens (tertiary/aromatic N) is 1. The molecule has 0 saturated carbocycles. The lowest BCUT2D eigenvalue weighted by Gasteiger charge is -2.07. The zero-order valence-corrected chi connectivity index (χ0v) is 12.3. The molecule has 3 nitrogen and oxygen atoms in total. The first-order valence-electron chi connectivity index (χ1n) is 6.15. The van der Waals surface area contributed by atoms with E-state index < -0.39 is 0 Å². The third kappa shape index (κ3) is 3.72. The molecule has 0 aliphatic heterocycles. The Morgan fingerprint density at radius 3 is 2.58 bits per heavy atom. The molecule has 0 radical (unpaired) electrons. The van der Waals surface area contributed by atoms with Gasteiger partial charge in [0.15, 0.2) is 0 Å². The molecule has 0 atom stereocenters. The van der Waals surface area contributed by atoms with Gasteiger partial charge in [-0.05, 0) is 49.4 Å². The second-order valence-corrected chi connectivity index (χ2v) is 5.34. The van der Waals surface area contributed by atoms with Gasteiger partial charge in [-0.3, -0.25) is 0 Å². The van der Waals surface area contributed by atoms with E-state index in [1.807, 2.05) is 37.5 Å². The van der Waals surface area contributed by atoms with Crippen LogP contribution in [0.15, 0.2) is 46.5 Å². The molecule has 0 fully saturated rings. The Bertz CT molecular complexity index is 540. The van der Waals surface area contributed by atoms with Gasteiger partial charge in [0.1, 0.15) is 10.8 Å². The lowest BCUT2D eigenvalue weighted by molar-refractivity contribution is 0.414. The van der Waals surface area contributed by atoms with Gasteiger partial charge in [-0.15, -0.1) is 0 Å². The number of nitrogens with one attached hydrogen (secondary N) is 1. The quantitative estimate of drug-likeness (QED) is 0.907. The number of aryl methyl sites for hydroxylation is 1. The topological polar surface area (TPSA) is 34.2 Å². The molecule has 1 N–H and O–H groups in total. The van der Waals surface area contributed by atoms with E-state index in [9.17, 15) is 0 Å². The lowest BCUT2D eigenvalue weighted by Crippen LogP contribution is -2.05. The first-order chi connectivity index (χ1) is 9.22. The Morgan fingerprint density at radius 1 is 1.26 bits per heavy atom. The van der Waals surface area contributed by atoms with Crippen molar-refractivity contribution in [2.24, 2.45) is 0 Å². The Morgan fingerprint density at radius 2 is 2.00 bits per heavy atom. The molecule has 0 aliphatic rings. The van der Waals surface area contributed by atoms with E-state index in [2.05, 4.69) is 23.3 Å². The van der Waals surface area contributed by atoms with Gasteiger partial charge in [0.25, 0.3) is 0 Å². The fourth-order valence-corrected chi connectivity index (χ4v) is 2.60. The van der Waals surface area contributed by atoms with Crippen LogP contribution in [0.25, 0.3) is 0 Å². The van der Waals surface area contributed by atoms with Crippen molar-refractivity contribution in [3.05, 3.63) is 47.7 Å². The minimum Gasteiger partial charge on any atom is -0.497 e. The van der Waals surface area contributed by atoms with Crippen molar-refractivity contribution in [2.75, 3.05) is 14.2 Å². The standard InChI is InChI=1S/C15H18N2OS/c1-11-8-12(9-16-2)10-17-15(11)19-14-6-4-13(18-3)5-7-14/h4-8,10,16H,9H2,1-3H3. The number of ether oxygens (including phenoxy) is 1. The van der Waals surface area contributed by atoms with Gasteiger partial charge >= 0.3 is 0 Å². The molecule has 2 rings (SSSR count). The first-order valence-corrected chi connectivity index (χ1v) is 6.96. The molecule has 2 aromatic rings. The molecular weight excluding hydrogens is 256 g/mol. The summed E-state index contributed by atoms with van der Waals surface area (Å²) in [5.74, 6) is 0.874. The molecule has 0 saturated heterocycles. The molecule has 1 heterocycles. The van der Waals surface area contributed by atoms with E-state index in [1.165, 1.54) is 11.1 Å². The average molecular weight is 274 g/mol. The van der Waals surface area contributed by atoms with E-state index in [0.717, 1.165) is 22.2 Å². The van der Waals surface area contributed by atoms with Gasteiger partial charge < -0.3 is 10.1 Å². The van der Waals surface area contributed by atoms with Crippen molar-refractivity contribution in [1.82, 2.24) is 10.3 Å². The maximum atomic E-state index is 5.15. The van der Waals surface area contributed by atoms with Crippen molar-refractivity contribution >= 4 is 11.8 Å². The number of rotatable bonds is 5. The smallest absolute Gasteiger partial charge is 0.118 e. The lowest BCUT2D eigenvalue weighted by atomic mass is 10.2. The van der Waals surface area contributed by atoms with Crippen LogP contribution < -0.4 is 10.1 Å². The SMILES string of the molecule is CNCc1cnc(Sc2ccc(OC)cc2)c(C)c1. The van der Waals surface area contributed by atoms with Gasteiger partial charge in [0, 0.05) is 17.6 Å². The maximum Gasteiger partial charge on any atom is 0.118 e. The number of hydrogen-bond acceptors (Lipinski definition) is 4. The van der Waals surface area contributed by atoms with Crippen molar-refractivity contribution in [2.45, 2.75) is 23.4 Å². The summed E-state index contributed by atoms with van der Waals surface area (Å²) < 4.78 is 5.15. The highest BCUT2D eigenvalue weighted by atomic mass is 32.2. The van der Waals surface area contributed by atoms with Gasteiger partial charge in [-0.25, -0.2) is 4.98 Å². The average Bonchev–Trinajstić information content (AvgIpc) is 2.43. The third-order valence-electron chi connectivity index (χ3n) is 2.74. The number of benzene rings is 1. The molecule has 1 aromatic heterocycles. The number of methoxy groups -OCH3 is 1. The molecule has 0 bridgehead atoms. The predicted molar refractivity (Wildman–Crippen MR) is 78.9 cm³/mol. The van der Waals surface area contributed by atoms with Crippen molar-refractivity contribution in [3.8, 4) is 5.75 Å². The Balaban J connectivity index is 2.13. The van der Waals surface area contributed by atoms with Crippen LogP contribution >= 0.6 is 11.8 Å². The van der Waals surface area contributed by atoms with Gasteiger partial charge in [0.05, 0.1) is 7.11 Å². The summed E-state index contributed by atoms with van der Waals surface area (Å²) in [6.45, 7) is 2.94. The van der Waals surface area contributed by atoms with Crippen molar-refractivity contribution in [1.29, 1.82) is 0 Å². The van der Waals surface area contributed by atoms with Crippen LogP contribution in [0.5, 0.6) is 5.75 Å². The normalized spacial score (nSPS) is 10.5. The van der Waals surface area contributed by atoms with E-state index in [-0.39, 0.29) is 0 Å². The van der Waals surface area contributed by atoms with Crippen LogP contribution in [0.1, 0.15) is 11.1 Å². The minimum atomic E-state index is 0.849. The molecule has 4 heteroatoms. The molecule has 0 amide bonds. The van der Waals surface area contributed by atoms with Gasteiger partial charge in [0.2, 0.25) is 0 Å². The Kier molecular flexibility index (Phi) is 4.82. The highest BCUT2D eigenvalue weighted by molar-refractivity contribution is 7.99. The number of aromatic nitrogens is 1. The molecule has 0 spiro atoms. The fourth-order valence-electron chi connectivity index (χ4n) is 1.78. The minimum absolute atomic E-state index is 0.849. The fraction of sp³-hybridized carbons (Fsp3) is 0.267. The zero-order chi connectivity index (χ0) is 13.7. The predicted octanol–water partition coefficient (Wildman–Crippen LogP) is 3.27. The number of hydrogen-bond donors (Lipinski definition) is 1. The first kappa shape index (κ1) is 13.9. The summed E-state index contributed by atoms with van der Waals surface area (Å²) in [4.78, 5) is 5.69. The Labute approximate surface area is 118 Å².